The Bertz CT molecular complexity index is 968. The summed E-state index contributed by atoms with van der Waals surface area (Å²) < 4.78 is 1.13. The largest absolute Gasteiger partial charge is 0.480 e. The van der Waals surface area contributed by atoms with Gasteiger partial charge < -0.3 is 19.9 Å². The number of amides is 1. The van der Waals surface area contributed by atoms with Gasteiger partial charge in [0.05, 0.1) is 23.5 Å². The zero-order valence-electron chi connectivity index (χ0n) is 16.1. The van der Waals surface area contributed by atoms with Crippen LogP contribution < -0.4 is 15.8 Å². The average Bonchev–Trinajstić information content (AvgIpc) is 3.56. The highest BCUT2D eigenvalue weighted by Gasteiger charge is 2.30. The third-order valence-electron chi connectivity index (χ3n) is 5.54. The van der Waals surface area contributed by atoms with Crippen LogP contribution in [0.15, 0.2) is 41.6 Å². The van der Waals surface area contributed by atoms with Crippen LogP contribution in [0.4, 0.5) is 11.4 Å². The molecule has 1 amide bonds. The summed E-state index contributed by atoms with van der Waals surface area (Å²) in [5.74, 6) is -1.12. The Morgan fingerprint density at radius 2 is 2.10 bits per heavy atom. The maximum Gasteiger partial charge on any atom is 0.323 e. The number of carbonyl (C=O) groups excluding carboxylic acids is 1. The molecular formula is C21H24N4O4. The van der Waals surface area contributed by atoms with Crippen molar-refractivity contribution in [3.05, 3.63) is 52.7 Å². The fourth-order valence-electron chi connectivity index (χ4n) is 3.89. The van der Waals surface area contributed by atoms with Crippen molar-refractivity contribution >= 4 is 23.3 Å². The molecule has 1 aliphatic carbocycles. The number of nitrogens with one attached hydrogen (secondary N) is 1. The van der Waals surface area contributed by atoms with E-state index in [1.54, 1.807) is 12.4 Å². The summed E-state index contributed by atoms with van der Waals surface area (Å²) in [6.45, 7) is 1.06. The molecule has 8 heteroatoms. The SMILES string of the molecule is O=C(O)Cn1cc(NC(=O)[C@@H]2CCCN(c3cccnc3)C2)c(C2CC2)cc1=O. The molecule has 8 nitrogen and oxygen atoms in total. The average molecular weight is 396 g/mol. The molecule has 1 aliphatic heterocycles. The normalized spacial score (nSPS) is 19.0. The van der Waals surface area contributed by atoms with Gasteiger partial charge in [0.15, 0.2) is 0 Å². The summed E-state index contributed by atoms with van der Waals surface area (Å²) in [4.78, 5) is 42.6. The fraction of sp³-hybridized carbons (Fsp3) is 0.429. The van der Waals surface area contributed by atoms with Crippen molar-refractivity contribution < 1.29 is 14.7 Å². The molecule has 2 N–H and O–H groups in total. The zero-order valence-corrected chi connectivity index (χ0v) is 16.1. The lowest BCUT2D eigenvalue weighted by molar-refractivity contribution is -0.137. The second-order valence-electron chi connectivity index (χ2n) is 7.76. The lowest BCUT2D eigenvalue weighted by Gasteiger charge is -2.33. The standard InChI is InChI=1S/C21H24N4O4/c26-19-9-17(14-5-6-14)18(12-25(19)13-20(27)28)23-21(29)15-3-2-8-24(11-15)16-4-1-7-22-10-16/h1,4,7,9-10,12,14-15H,2-3,5-6,8,11,13H2,(H,23,29)(H,27,28)/t15-/m1/s1. The van der Waals surface area contributed by atoms with Crippen LogP contribution >= 0.6 is 0 Å². The van der Waals surface area contributed by atoms with E-state index in [1.807, 2.05) is 12.1 Å². The summed E-state index contributed by atoms with van der Waals surface area (Å²) >= 11 is 0. The maximum atomic E-state index is 13.0. The molecule has 1 saturated carbocycles. The van der Waals surface area contributed by atoms with Gasteiger partial charge in [0.1, 0.15) is 6.54 Å². The molecule has 2 aromatic heterocycles. The first-order valence-corrected chi connectivity index (χ1v) is 9.93. The Balaban J connectivity index is 1.52. The highest BCUT2D eigenvalue weighted by molar-refractivity contribution is 5.93. The number of piperidine rings is 1. The molecule has 2 fully saturated rings. The molecule has 1 saturated heterocycles. The van der Waals surface area contributed by atoms with E-state index in [4.69, 9.17) is 5.11 Å². The fourth-order valence-corrected chi connectivity index (χ4v) is 3.89. The van der Waals surface area contributed by atoms with Gasteiger partial charge in [0.2, 0.25) is 5.91 Å². The Labute approximate surface area is 168 Å². The van der Waals surface area contributed by atoms with Gasteiger partial charge in [0, 0.05) is 31.5 Å². The van der Waals surface area contributed by atoms with Crippen molar-refractivity contribution in [3.8, 4) is 0 Å². The number of carboxylic acids is 1. The molecule has 0 radical (unpaired) electrons. The number of aliphatic carboxylic acids is 1. The minimum Gasteiger partial charge on any atom is -0.480 e. The number of anilines is 2. The van der Waals surface area contributed by atoms with Crippen molar-refractivity contribution in [1.82, 2.24) is 9.55 Å². The lowest BCUT2D eigenvalue weighted by atomic mass is 9.96. The van der Waals surface area contributed by atoms with Crippen LogP contribution in [0.2, 0.25) is 0 Å². The van der Waals surface area contributed by atoms with Gasteiger partial charge in [-0.05, 0) is 49.3 Å². The van der Waals surface area contributed by atoms with Gasteiger partial charge in [0.25, 0.3) is 5.56 Å². The monoisotopic (exact) mass is 396 g/mol. The van der Waals surface area contributed by atoms with Gasteiger partial charge in [-0.3, -0.25) is 19.4 Å². The van der Waals surface area contributed by atoms with Crippen LogP contribution in [-0.2, 0) is 16.1 Å². The van der Waals surface area contributed by atoms with Crippen molar-refractivity contribution in [2.45, 2.75) is 38.1 Å². The zero-order chi connectivity index (χ0) is 20.4. The second kappa shape index (κ2) is 8.06. The first kappa shape index (κ1) is 19.2. The molecule has 0 spiro atoms. The molecule has 0 unspecified atom stereocenters. The van der Waals surface area contributed by atoms with Gasteiger partial charge in [-0.1, -0.05) is 0 Å². The number of carbonyl (C=O) groups is 2. The van der Waals surface area contributed by atoms with Crippen LogP contribution in [0.1, 0.15) is 37.2 Å². The van der Waals surface area contributed by atoms with E-state index in [0.29, 0.717) is 12.2 Å². The number of rotatable bonds is 6. The third kappa shape index (κ3) is 4.47. The number of nitrogens with zero attached hydrogens (tertiary/aromatic N) is 3. The van der Waals surface area contributed by atoms with Crippen molar-refractivity contribution in [1.29, 1.82) is 0 Å². The number of aromatic nitrogens is 2. The lowest BCUT2D eigenvalue weighted by Crippen LogP contribution is -2.41. The summed E-state index contributed by atoms with van der Waals surface area (Å²) in [6, 6.07) is 5.34. The summed E-state index contributed by atoms with van der Waals surface area (Å²) in [6.07, 6.45) is 8.64. The van der Waals surface area contributed by atoms with E-state index in [2.05, 4.69) is 15.2 Å². The quantitative estimate of drug-likeness (QED) is 0.775. The Morgan fingerprint density at radius 3 is 2.79 bits per heavy atom. The second-order valence-corrected chi connectivity index (χ2v) is 7.76. The first-order chi connectivity index (χ1) is 14.0. The predicted octanol–water partition coefficient (Wildman–Crippen LogP) is 2.06. The minimum atomic E-state index is -1.09. The van der Waals surface area contributed by atoms with E-state index >= 15 is 0 Å². The van der Waals surface area contributed by atoms with Gasteiger partial charge in [-0.15, -0.1) is 0 Å². The van der Waals surface area contributed by atoms with Crippen LogP contribution in [0.5, 0.6) is 0 Å². The molecule has 0 aromatic carbocycles. The first-order valence-electron chi connectivity index (χ1n) is 9.93. The molecule has 152 valence electrons. The number of pyridine rings is 2. The van der Waals surface area contributed by atoms with Crippen LogP contribution in [-0.4, -0.2) is 39.6 Å². The van der Waals surface area contributed by atoms with Gasteiger partial charge in [-0.25, -0.2) is 0 Å². The minimum absolute atomic E-state index is 0.0963. The smallest absolute Gasteiger partial charge is 0.323 e. The summed E-state index contributed by atoms with van der Waals surface area (Å²) in [5.41, 5.74) is 2.01. The van der Waals surface area contributed by atoms with Crippen LogP contribution in [0, 0.1) is 5.92 Å². The highest BCUT2D eigenvalue weighted by Crippen LogP contribution is 2.43. The Morgan fingerprint density at radius 1 is 1.28 bits per heavy atom. The molecule has 4 rings (SSSR count). The maximum absolute atomic E-state index is 13.0. The molecular weight excluding hydrogens is 372 g/mol. The molecule has 0 bridgehead atoms. The van der Waals surface area contributed by atoms with Crippen molar-refractivity contribution in [3.63, 3.8) is 0 Å². The predicted molar refractivity (Wildman–Crippen MR) is 108 cm³/mol. The Kier molecular flexibility index (Phi) is 5.33. The summed E-state index contributed by atoms with van der Waals surface area (Å²) in [7, 11) is 0. The van der Waals surface area contributed by atoms with Crippen LogP contribution in [0.25, 0.3) is 0 Å². The van der Waals surface area contributed by atoms with E-state index in [1.165, 1.54) is 12.3 Å². The third-order valence-corrected chi connectivity index (χ3v) is 5.54. The van der Waals surface area contributed by atoms with Crippen molar-refractivity contribution in [2.24, 2.45) is 5.92 Å². The van der Waals surface area contributed by atoms with Crippen LogP contribution in [0.3, 0.4) is 0 Å². The van der Waals surface area contributed by atoms with E-state index in [-0.39, 0.29) is 23.3 Å². The number of hydrogen-bond donors (Lipinski definition) is 2. The number of hydrogen-bond acceptors (Lipinski definition) is 5. The Hall–Kier alpha value is -3.16. The molecule has 2 aromatic rings. The summed E-state index contributed by atoms with van der Waals surface area (Å²) in [5, 5.41) is 12.0. The molecule has 29 heavy (non-hydrogen) atoms. The van der Waals surface area contributed by atoms with Gasteiger partial charge >= 0.3 is 5.97 Å². The molecule has 1 atom stereocenters. The van der Waals surface area contributed by atoms with Gasteiger partial charge in [-0.2, -0.15) is 0 Å². The molecule has 2 aliphatic rings. The van der Waals surface area contributed by atoms with Crippen molar-refractivity contribution in [2.75, 3.05) is 23.3 Å². The number of carboxylic acid groups (broad SMARTS) is 1. The van der Waals surface area contributed by atoms with E-state index < -0.39 is 12.5 Å². The molecule has 3 heterocycles. The highest BCUT2D eigenvalue weighted by atomic mass is 16.4. The van der Waals surface area contributed by atoms with E-state index in [9.17, 15) is 14.4 Å². The van der Waals surface area contributed by atoms with E-state index in [0.717, 1.165) is 48.0 Å². The topological polar surface area (TPSA) is 105 Å².